The molecule has 0 spiro atoms. The van der Waals surface area contributed by atoms with Crippen LogP contribution in [0.15, 0.2) is 94.7 Å². The molecule has 7 nitrogen and oxygen atoms in total. The van der Waals surface area contributed by atoms with Gasteiger partial charge in [0.25, 0.3) is 5.91 Å². The average Bonchev–Trinajstić information content (AvgIpc) is 3.41. The summed E-state index contributed by atoms with van der Waals surface area (Å²) in [5.41, 5.74) is 3.55. The van der Waals surface area contributed by atoms with Crippen LogP contribution in [0.5, 0.6) is 0 Å². The van der Waals surface area contributed by atoms with Crippen molar-refractivity contribution in [2.75, 3.05) is 0 Å². The highest BCUT2D eigenvalue weighted by atomic mass is 16.3. The molecule has 0 aliphatic rings. The second-order valence-corrected chi connectivity index (χ2v) is 8.06. The fourth-order valence-corrected chi connectivity index (χ4v) is 3.97. The van der Waals surface area contributed by atoms with Crippen molar-refractivity contribution in [1.29, 1.82) is 0 Å². The molecule has 1 atom stereocenters. The summed E-state index contributed by atoms with van der Waals surface area (Å²) in [7, 11) is 0. The van der Waals surface area contributed by atoms with Gasteiger partial charge in [-0.05, 0) is 43.7 Å². The number of nitrogens with one attached hydrogen (secondary N) is 1. The zero-order valence-electron chi connectivity index (χ0n) is 18.7. The minimum Gasteiger partial charge on any atom is -0.455 e. The largest absolute Gasteiger partial charge is 0.455 e. The molecule has 2 aromatic heterocycles. The number of carbonyl (C=O) groups excluding carboxylic acids is 1. The van der Waals surface area contributed by atoms with Gasteiger partial charge in [0.15, 0.2) is 11.0 Å². The standard InChI is InChI=1S/C27H22N4O3/c1-17-24(32)22-9-6-10-23(26(22)34-25(17)20-7-4-3-5-8-20)27(33)30-18(2)19-11-13-21(14-12-19)31-16-28-15-29-31/h3-16,18H,1-2H3,(H,30,33). The summed E-state index contributed by atoms with van der Waals surface area (Å²) in [6, 6.07) is 21.9. The number of rotatable bonds is 5. The van der Waals surface area contributed by atoms with E-state index >= 15 is 0 Å². The van der Waals surface area contributed by atoms with Gasteiger partial charge in [0.2, 0.25) is 0 Å². The number of carbonyl (C=O) groups is 1. The smallest absolute Gasteiger partial charge is 0.255 e. The Balaban J connectivity index is 1.47. The minimum atomic E-state index is -0.315. The van der Waals surface area contributed by atoms with Crippen molar-refractivity contribution in [2.45, 2.75) is 19.9 Å². The predicted molar refractivity (Wildman–Crippen MR) is 130 cm³/mol. The van der Waals surface area contributed by atoms with Gasteiger partial charge in [0.05, 0.1) is 22.7 Å². The lowest BCUT2D eigenvalue weighted by Gasteiger charge is -2.16. The molecule has 0 radical (unpaired) electrons. The number of para-hydroxylation sites is 1. The lowest BCUT2D eigenvalue weighted by molar-refractivity contribution is 0.0940. The molecule has 2 heterocycles. The van der Waals surface area contributed by atoms with Gasteiger partial charge in [-0.2, -0.15) is 5.10 Å². The Hall–Kier alpha value is -4.52. The van der Waals surface area contributed by atoms with E-state index in [0.717, 1.165) is 16.8 Å². The summed E-state index contributed by atoms with van der Waals surface area (Å²) < 4.78 is 7.84. The molecule has 34 heavy (non-hydrogen) atoms. The van der Waals surface area contributed by atoms with E-state index in [1.165, 1.54) is 6.33 Å². The number of aromatic nitrogens is 3. The molecular weight excluding hydrogens is 428 g/mol. The third-order valence-electron chi connectivity index (χ3n) is 5.85. The lowest BCUT2D eigenvalue weighted by Crippen LogP contribution is -2.27. The summed E-state index contributed by atoms with van der Waals surface area (Å²) >= 11 is 0. The van der Waals surface area contributed by atoms with Gasteiger partial charge in [-0.15, -0.1) is 0 Å². The fourth-order valence-electron chi connectivity index (χ4n) is 3.97. The molecule has 0 saturated carbocycles. The van der Waals surface area contributed by atoms with E-state index < -0.39 is 0 Å². The molecule has 0 fully saturated rings. The molecule has 0 aliphatic heterocycles. The highest BCUT2D eigenvalue weighted by Gasteiger charge is 2.20. The number of nitrogens with zero attached hydrogens (tertiary/aromatic N) is 3. The molecule has 1 unspecified atom stereocenters. The molecular formula is C27H22N4O3. The van der Waals surface area contributed by atoms with Crippen molar-refractivity contribution < 1.29 is 9.21 Å². The topological polar surface area (TPSA) is 90.0 Å². The van der Waals surface area contributed by atoms with Crippen LogP contribution in [-0.2, 0) is 0 Å². The molecule has 0 bridgehead atoms. The summed E-state index contributed by atoms with van der Waals surface area (Å²) in [4.78, 5) is 30.3. The maximum atomic E-state index is 13.2. The first-order chi connectivity index (χ1) is 16.5. The first-order valence-corrected chi connectivity index (χ1v) is 10.9. The van der Waals surface area contributed by atoms with E-state index in [9.17, 15) is 9.59 Å². The summed E-state index contributed by atoms with van der Waals surface area (Å²) in [5.74, 6) is 0.152. The molecule has 5 rings (SSSR count). The van der Waals surface area contributed by atoms with Gasteiger partial charge < -0.3 is 9.73 Å². The van der Waals surface area contributed by atoms with Gasteiger partial charge in [-0.3, -0.25) is 9.59 Å². The zero-order chi connectivity index (χ0) is 23.7. The van der Waals surface area contributed by atoms with Crippen LogP contribution in [0.25, 0.3) is 28.0 Å². The maximum Gasteiger partial charge on any atom is 0.255 e. The fraction of sp³-hybridized carbons (Fsp3) is 0.111. The number of fused-ring (bicyclic) bond motifs is 1. The zero-order valence-corrected chi connectivity index (χ0v) is 18.7. The Morgan fingerprint density at radius 3 is 2.47 bits per heavy atom. The monoisotopic (exact) mass is 450 g/mol. The molecule has 0 aliphatic carbocycles. The van der Waals surface area contributed by atoms with E-state index in [0.29, 0.717) is 22.3 Å². The average molecular weight is 450 g/mol. The van der Waals surface area contributed by atoms with Crippen molar-refractivity contribution in [3.8, 4) is 17.0 Å². The Morgan fingerprint density at radius 1 is 1.00 bits per heavy atom. The first-order valence-electron chi connectivity index (χ1n) is 10.9. The van der Waals surface area contributed by atoms with Crippen molar-refractivity contribution in [2.24, 2.45) is 0 Å². The van der Waals surface area contributed by atoms with E-state index in [1.54, 1.807) is 36.1 Å². The highest BCUT2D eigenvalue weighted by molar-refractivity contribution is 6.05. The highest BCUT2D eigenvalue weighted by Crippen LogP contribution is 2.27. The van der Waals surface area contributed by atoms with E-state index in [4.69, 9.17) is 4.42 Å². The molecule has 5 aromatic rings. The number of hydrogen-bond acceptors (Lipinski definition) is 5. The Labute approximate surface area is 195 Å². The van der Waals surface area contributed by atoms with E-state index in [1.807, 2.05) is 61.5 Å². The van der Waals surface area contributed by atoms with Crippen LogP contribution < -0.4 is 10.7 Å². The third kappa shape index (κ3) is 3.88. The minimum absolute atomic E-state index is 0.147. The second kappa shape index (κ2) is 8.78. The van der Waals surface area contributed by atoms with Crippen molar-refractivity contribution >= 4 is 16.9 Å². The van der Waals surface area contributed by atoms with Gasteiger partial charge in [0, 0.05) is 11.1 Å². The van der Waals surface area contributed by atoms with Crippen molar-refractivity contribution in [3.05, 3.63) is 112 Å². The van der Waals surface area contributed by atoms with Crippen LogP contribution in [-0.4, -0.2) is 20.7 Å². The first kappa shape index (κ1) is 21.3. The summed E-state index contributed by atoms with van der Waals surface area (Å²) in [6.07, 6.45) is 3.10. The molecule has 168 valence electrons. The Bertz CT molecular complexity index is 1520. The summed E-state index contributed by atoms with van der Waals surface area (Å²) in [6.45, 7) is 3.65. The van der Waals surface area contributed by atoms with E-state index in [-0.39, 0.29) is 23.0 Å². The molecule has 1 N–H and O–H groups in total. The Kier molecular flexibility index (Phi) is 5.51. The maximum absolute atomic E-state index is 13.2. The van der Waals surface area contributed by atoms with Crippen LogP contribution in [0.4, 0.5) is 0 Å². The lowest BCUT2D eigenvalue weighted by atomic mass is 10.0. The van der Waals surface area contributed by atoms with Crippen LogP contribution in [0, 0.1) is 6.92 Å². The van der Waals surface area contributed by atoms with E-state index in [2.05, 4.69) is 15.4 Å². The van der Waals surface area contributed by atoms with Gasteiger partial charge in [-0.1, -0.05) is 48.5 Å². The molecule has 3 aromatic carbocycles. The number of benzene rings is 3. The summed E-state index contributed by atoms with van der Waals surface area (Å²) in [5, 5.41) is 7.52. The van der Waals surface area contributed by atoms with Crippen molar-refractivity contribution in [3.63, 3.8) is 0 Å². The number of amides is 1. The van der Waals surface area contributed by atoms with Gasteiger partial charge in [0.1, 0.15) is 18.4 Å². The molecule has 7 heteroatoms. The SMILES string of the molecule is Cc1c(-c2ccccc2)oc2c(C(=O)NC(C)c3ccc(-n4cncn4)cc3)cccc2c1=O. The molecule has 1 amide bonds. The quantitative estimate of drug-likeness (QED) is 0.414. The predicted octanol–water partition coefficient (Wildman–Crippen LogP) is 4.84. The van der Waals surface area contributed by atoms with Crippen molar-refractivity contribution in [1.82, 2.24) is 20.1 Å². The third-order valence-corrected chi connectivity index (χ3v) is 5.85. The van der Waals surface area contributed by atoms with Crippen LogP contribution in [0.2, 0.25) is 0 Å². The molecule has 0 saturated heterocycles. The van der Waals surface area contributed by atoms with Gasteiger partial charge >= 0.3 is 0 Å². The van der Waals surface area contributed by atoms with Gasteiger partial charge in [-0.25, -0.2) is 9.67 Å². The Morgan fingerprint density at radius 2 is 1.76 bits per heavy atom. The van der Waals surface area contributed by atoms with Crippen LogP contribution in [0.1, 0.15) is 34.5 Å². The normalized spacial score (nSPS) is 11.9. The number of hydrogen-bond donors (Lipinski definition) is 1. The van der Waals surface area contributed by atoms with Crippen LogP contribution in [0.3, 0.4) is 0 Å². The van der Waals surface area contributed by atoms with Crippen LogP contribution >= 0.6 is 0 Å². The second-order valence-electron chi connectivity index (χ2n) is 8.06.